The van der Waals surface area contributed by atoms with E-state index in [9.17, 15) is 19.1 Å². The fraction of sp³-hybridized carbons (Fsp3) is 0.526. The summed E-state index contributed by atoms with van der Waals surface area (Å²) in [6, 6.07) is 1.75. The zero-order valence-electron chi connectivity index (χ0n) is 14.6. The van der Waals surface area contributed by atoms with E-state index >= 15 is 0 Å². The van der Waals surface area contributed by atoms with Crippen LogP contribution in [0.4, 0.5) is 10.2 Å². The van der Waals surface area contributed by atoms with E-state index in [0.29, 0.717) is 24.2 Å². The number of anilines is 1. The third kappa shape index (κ3) is 1.91. The fourth-order valence-corrected chi connectivity index (χ4v) is 5.48. The minimum Gasteiger partial charge on any atom is -0.477 e. The molecule has 7 nitrogen and oxygen atoms in total. The highest BCUT2D eigenvalue weighted by Crippen LogP contribution is 2.62. The first kappa shape index (κ1) is 15.6. The van der Waals surface area contributed by atoms with Crippen LogP contribution in [0.1, 0.15) is 36.0 Å². The summed E-state index contributed by atoms with van der Waals surface area (Å²) in [5.41, 5.74) is -0.724. The summed E-state index contributed by atoms with van der Waals surface area (Å²) >= 11 is 0. The summed E-state index contributed by atoms with van der Waals surface area (Å²) in [5.74, 6) is -0.888. The highest BCUT2D eigenvalue weighted by Gasteiger charge is 2.58. The van der Waals surface area contributed by atoms with Crippen LogP contribution in [0.3, 0.4) is 0 Å². The zero-order chi connectivity index (χ0) is 18.5. The molecular weight excluding hydrogens is 351 g/mol. The minimum absolute atomic E-state index is 0.0587. The maximum Gasteiger partial charge on any atom is 0.341 e. The Hall–Kier alpha value is -2.48. The molecule has 0 aromatic carbocycles. The molecule has 5 aliphatic rings. The topological polar surface area (TPSA) is 87.5 Å². The van der Waals surface area contributed by atoms with E-state index in [1.54, 1.807) is 0 Å². The third-order valence-corrected chi connectivity index (χ3v) is 6.99. The van der Waals surface area contributed by atoms with Crippen LogP contribution in [0, 0.1) is 11.7 Å². The normalized spacial score (nSPS) is 33.2. The lowest BCUT2D eigenvalue weighted by atomic mass is 9.49. The number of aromatic carboxylic acids is 1. The summed E-state index contributed by atoms with van der Waals surface area (Å²) in [5, 5.41) is 12.9. The first-order valence-corrected chi connectivity index (χ1v) is 9.45. The summed E-state index contributed by atoms with van der Waals surface area (Å²) < 4.78 is 16.8. The SMILES string of the molecule is O=C(O)c1cn(C23CC(C2)C3)c2nc(N3CC4CC3CN4)c(F)cc2c1=O. The van der Waals surface area contributed by atoms with Crippen molar-refractivity contribution in [2.45, 2.75) is 43.3 Å². The van der Waals surface area contributed by atoms with E-state index < -0.39 is 17.2 Å². The molecule has 8 heteroatoms. The Morgan fingerprint density at radius 2 is 2.15 bits per heavy atom. The van der Waals surface area contributed by atoms with E-state index in [1.807, 2.05) is 9.47 Å². The molecule has 2 atom stereocenters. The number of rotatable bonds is 3. The van der Waals surface area contributed by atoms with Crippen LogP contribution in [0.25, 0.3) is 11.0 Å². The maximum absolute atomic E-state index is 14.9. The molecule has 140 valence electrons. The Kier molecular flexibility index (Phi) is 2.80. The Labute approximate surface area is 153 Å². The van der Waals surface area contributed by atoms with E-state index in [4.69, 9.17) is 0 Å². The van der Waals surface area contributed by atoms with Gasteiger partial charge in [0.15, 0.2) is 11.6 Å². The van der Waals surface area contributed by atoms with Gasteiger partial charge in [-0.15, -0.1) is 0 Å². The van der Waals surface area contributed by atoms with Gasteiger partial charge >= 0.3 is 5.97 Å². The van der Waals surface area contributed by atoms with Gasteiger partial charge in [0.1, 0.15) is 11.2 Å². The van der Waals surface area contributed by atoms with Crippen molar-refractivity contribution in [2.75, 3.05) is 18.0 Å². The van der Waals surface area contributed by atoms with Gasteiger partial charge in [0.25, 0.3) is 0 Å². The standard InChI is InChI=1S/C19H19FN4O3/c20-14-2-12-15(25)13(18(26)27)8-24(19-3-9(4-19)5-19)16(12)22-17(14)23-7-10-1-11(23)6-21-10/h2,8-11,21H,1,3-7H2,(H,26,27). The molecule has 2 saturated heterocycles. The van der Waals surface area contributed by atoms with Gasteiger partial charge in [-0.1, -0.05) is 0 Å². The van der Waals surface area contributed by atoms with E-state index in [0.717, 1.165) is 32.2 Å². The van der Waals surface area contributed by atoms with Crippen LogP contribution in [-0.2, 0) is 5.54 Å². The van der Waals surface area contributed by atoms with Crippen molar-refractivity contribution in [2.24, 2.45) is 5.92 Å². The van der Waals surface area contributed by atoms with Gasteiger partial charge in [-0.3, -0.25) is 4.79 Å². The van der Waals surface area contributed by atoms with Gasteiger partial charge < -0.3 is 19.9 Å². The first-order valence-electron chi connectivity index (χ1n) is 9.45. The number of hydrogen-bond acceptors (Lipinski definition) is 5. The number of carboxylic acid groups (broad SMARTS) is 1. The predicted octanol–water partition coefficient (Wildman–Crippen LogP) is 1.29. The molecule has 2 aromatic rings. The summed E-state index contributed by atoms with van der Waals surface area (Å²) in [4.78, 5) is 30.8. The average molecular weight is 370 g/mol. The number of carbonyl (C=O) groups is 1. The molecule has 2 aliphatic heterocycles. The second-order valence-corrected chi connectivity index (χ2v) is 8.56. The highest BCUT2D eigenvalue weighted by molar-refractivity contribution is 5.92. The fourth-order valence-electron chi connectivity index (χ4n) is 5.48. The van der Waals surface area contributed by atoms with Gasteiger partial charge in [0, 0.05) is 36.9 Å². The van der Waals surface area contributed by atoms with Crippen molar-refractivity contribution in [1.29, 1.82) is 0 Å². The number of piperazine rings is 1. The number of nitrogens with zero attached hydrogens (tertiary/aromatic N) is 3. The molecular formula is C19H19FN4O3. The van der Waals surface area contributed by atoms with E-state index in [-0.39, 0.29) is 28.3 Å². The zero-order valence-corrected chi connectivity index (χ0v) is 14.6. The van der Waals surface area contributed by atoms with Gasteiger partial charge in [0.05, 0.1) is 5.39 Å². The smallest absolute Gasteiger partial charge is 0.341 e. The lowest BCUT2D eigenvalue weighted by Gasteiger charge is -2.62. The van der Waals surface area contributed by atoms with Gasteiger partial charge in [-0.25, -0.2) is 14.2 Å². The monoisotopic (exact) mass is 370 g/mol. The number of hydrogen-bond donors (Lipinski definition) is 2. The number of aromatic nitrogens is 2. The number of carboxylic acids is 1. The number of fused-ring (bicyclic) bond motifs is 3. The van der Waals surface area contributed by atoms with Crippen LogP contribution in [0.15, 0.2) is 17.1 Å². The van der Waals surface area contributed by atoms with Crippen LogP contribution in [0.2, 0.25) is 0 Å². The van der Waals surface area contributed by atoms with Crippen LogP contribution >= 0.6 is 0 Å². The third-order valence-electron chi connectivity index (χ3n) is 6.99. The van der Waals surface area contributed by atoms with Gasteiger partial charge in [-0.2, -0.15) is 0 Å². The molecule has 2 unspecified atom stereocenters. The van der Waals surface area contributed by atoms with Crippen molar-refractivity contribution < 1.29 is 14.3 Å². The van der Waals surface area contributed by atoms with E-state index in [1.165, 1.54) is 12.3 Å². The number of nitrogens with one attached hydrogen (secondary N) is 1. The Bertz CT molecular complexity index is 1060. The first-order chi connectivity index (χ1) is 12.9. The molecule has 2 N–H and O–H groups in total. The second-order valence-electron chi connectivity index (χ2n) is 8.56. The van der Waals surface area contributed by atoms with Crippen molar-refractivity contribution in [3.05, 3.63) is 33.9 Å². The van der Waals surface area contributed by atoms with Crippen LogP contribution in [0.5, 0.6) is 0 Å². The molecule has 5 fully saturated rings. The molecule has 0 spiro atoms. The Morgan fingerprint density at radius 1 is 1.37 bits per heavy atom. The minimum atomic E-state index is -1.28. The molecule has 0 amide bonds. The summed E-state index contributed by atoms with van der Waals surface area (Å²) in [6.45, 7) is 1.50. The van der Waals surface area contributed by atoms with Gasteiger partial charge in [0.2, 0.25) is 5.43 Å². The largest absolute Gasteiger partial charge is 0.477 e. The molecule has 3 saturated carbocycles. The Balaban J connectivity index is 1.59. The number of pyridine rings is 2. The molecule has 3 aliphatic carbocycles. The quantitative estimate of drug-likeness (QED) is 0.847. The lowest BCUT2D eigenvalue weighted by Crippen LogP contribution is -2.59. The molecule has 4 bridgehead atoms. The van der Waals surface area contributed by atoms with E-state index in [2.05, 4.69) is 10.3 Å². The molecule has 2 aromatic heterocycles. The molecule has 27 heavy (non-hydrogen) atoms. The maximum atomic E-state index is 14.9. The average Bonchev–Trinajstić information content (AvgIpc) is 3.17. The van der Waals surface area contributed by atoms with Crippen molar-refractivity contribution in [3.8, 4) is 0 Å². The lowest BCUT2D eigenvalue weighted by molar-refractivity contribution is -0.0864. The van der Waals surface area contributed by atoms with Crippen LogP contribution in [-0.4, -0.2) is 45.8 Å². The van der Waals surface area contributed by atoms with Crippen molar-refractivity contribution >= 4 is 22.8 Å². The van der Waals surface area contributed by atoms with Crippen molar-refractivity contribution in [3.63, 3.8) is 0 Å². The highest BCUT2D eigenvalue weighted by atomic mass is 19.1. The van der Waals surface area contributed by atoms with Crippen LogP contribution < -0.4 is 15.6 Å². The number of halogens is 1. The summed E-state index contributed by atoms with van der Waals surface area (Å²) in [7, 11) is 0. The molecule has 4 heterocycles. The molecule has 0 radical (unpaired) electrons. The Morgan fingerprint density at radius 3 is 2.70 bits per heavy atom. The van der Waals surface area contributed by atoms with Gasteiger partial charge in [-0.05, 0) is 37.7 Å². The summed E-state index contributed by atoms with van der Waals surface area (Å²) in [6.07, 6.45) is 5.30. The molecule has 7 rings (SSSR count). The second kappa shape index (κ2) is 4.86. The predicted molar refractivity (Wildman–Crippen MR) is 95.8 cm³/mol. The van der Waals surface area contributed by atoms with Crippen molar-refractivity contribution in [1.82, 2.24) is 14.9 Å².